The van der Waals surface area contributed by atoms with Crippen LogP contribution < -0.4 is 20.9 Å². The Bertz CT molecular complexity index is 673. The monoisotopic (exact) mass is 433 g/mol. The molecular weight excluding hydrogens is 398 g/mol. The fourth-order valence-corrected chi connectivity index (χ4v) is 3.80. The molecule has 30 heavy (non-hydrogen) atoms. The van der Waals surface area contributed by atoms with E-state index < -0.39 is 0 Å². The highest BCUT2D eigenvalue weighted by Gasteiger charge is 2.15. The summed E-state index contributed by atoms with van der Waals surface area (Å²) in [4.78, 5) is 24.3. The number of hydrogen-bond acceptors (Lipinski definition) is 4. The number of hydrogen-bond donors (Lipinski definition) is 3. The van der Waals surface area contributed by atoms with Crippen molar-refractivity contribution in [3.8, 4) is 5.75 Å². The zero-order valence-corrected chi connectivity index (χ0v) is 18.8. The first-order valence-electron chi connectivity index (χ1n) is 11.2. The summed E-state index contributed by atoms with van der Waals surface area (Å²) in [6.45, 7) is 2.86. The standard InChI is InChI=1S/C23H35N3O3S/c1-2-3-4-8-17-29-20-14-12-19(13-15-20)22(28)25-26-23(30)24-21(27)16-11-18-9-6-5-7-10-18/h12-15,18H,2-11,16-17H2,1H3,(H,25,28)(H2,24,26,27,30). The van der Waals surface area contributed by atoms with E-state index in [0.717, 1.165) is 18.6 Å². The lowest BCUT2D eigenvalue weighted by Crippen LogP contribution is -2.48. The zero-order valence-electron chi connectivity index (χ0n) is 18.0. The topological polar surface area (TPSA) is 79.5 Å². The van der Waals surface area contributed by atoms with Crippen LogP contribution in [0.3, 0.4) is 0 Å². The van der Waals surface area contributed by atoms with E-state index in [4.69, 9.17) is 17.0 Å². The van der Waals surface area contributed by atoms with Crippen molar-refractivity contribution in [2.75, 3.05) is 6.61 Å². The number of ether oxygens (including phenoxy) is 1. The number of carbonyl (C=O) groups excluding carboxylic acids is 2. The van der Waals surface area contributed by atoms with Gasteiger partial charge in [-0.25, -0.2) is 0 Å². The molecule has 0 aliphatic heterocycles. The molecule has 3 N–H and O–H groups in total. The quantitative estimate of drug-likeness (QED) is 0.285. The predicted octanol–water partition coefficient (Wildman–Crippen LogP) is 4.64. The highest BCUT2D eigenvalue weighted by Crippen LogP contribution is 2.27. The van der Waals surface area contributed by atoms with E-state index in [9.17, 15) is 9.59 Å². The minimum absolute atomic E-state index is 0.101. The van der Waals surface area contributed by atoms with E-state index in [1.54, 1.807) is 24.3 Å². The second-order valence-corrected chi connectivity index (χ2v) is 8.34. The molecule has 166 valence electrons. The minimum atomic E-state index is -0.330. The Kier molecular flexibility index (Phi) is 11.2. The summed E-state index contributed by atoms with van der Waals surface area (Å²) >= 11 is 5.09. The Morgan fingerprint density at radius 1 is 1.03 bits per heavy atom. The summed E-state index contributed by atoms with van der Waals surface area (Å²) in [5.41, 5.74) is 5.58. The van der Waals surface area contributed by atoms with E-state index in [-0.39, 0.29) is 16.9 Å². The second kappa shape index (κ2) is 14.0. The molecule has 0 saturated heterocycles. The van der Waals surface area contributed by atoms with Crippen molar-refractivity contribution < 1.29 is 14.3 Å². The molecule has 6 nitrogen and oxygen atoms in total. The van der Waals surface area contributed by atoms with Gasteiger partial charge in [0.2, 0.25) is 5.91 Å². The van der Waals surface area contributed by atoms with Gasteiger partial charge < -0.3 is 10.1 Å². The summed E-state index contributed by atoms with van der Waals surface area (Å²) in [6.07, 6.45) is 12.3. The average Bonchev–Trinajstić information content (AvgIpc) is 2.77. The molecule has 0 aromatic heterocycles. The first-order chi connectivity index (χ1) is 14.6. The number of amides is 2. The van der Waals surface area contributed by atoms with Crippen molar-refractivity contribution in [1.82, 2.24) is 16.2 Å². The summed E-state index contributed by atoms with van der Waals surface area (Å²) in [6, 6.07) is 6.95. The van der Waals surface area contributed by atoms with Gasteiger partial charge in [-0.1, -0.05) is 58.3 Å². The Morgan fingerprint density at radius 3 is 2.47 bits per heavy atom. The third kappa shape index (κ3) is 9.57. The predicted molar refractivity (Wildman–Crippen MR) is 123 cm³/mol. The van der Waals surface area contributed by atoms with Gasteiger partial charge in [0.15, 0.2) is 5.11 Å². The van der Waals surface area contributed by atoms with Gasteiger partial charge in [0.05, 0.1) is 6.61 Å². The highest BCUT2D eigenvalue weighted by molar-refractivity contribution is 7.80. The van der Waals surface area contributed by atoms with Crippen LogP contribution >= 0.6 is 12.2 Å². The molecule has 1 fully saturated rings. The number of thiocarbonyl (C=S) groups is 1. The van der Waals surface area contributed by atoms with Gasteiger partial charge in [-0.2, -0.15) is 0 Å². The van der Waals surface area contributed by atoms with Gasteiger partial charge in [0, 0.05) is 12.0 Å². The fourth-order valence-electron chi connectivity index (χ4n) is 3.64. The number of unbranched alkanes of at least 4 members (excludes halogenated alkanes) is 3. The molecule has 2 rings (SSSR count). The third-order valence-electron chi connectivity index (χ3n) is 5.43. The van der Waals surface area contributed by atoms with E-state index in [1.165, 1.54) is 51.4 Å². The molecule has 1 aromatic rings. The molecule has 7 heteroatoms. The van der Waals surface area contributed by atoms with Crippen molar-refractivity contribution in [3.05, 3.63) is 29.8 Å². The van der Waals surface area contributed by atoms with Crippen molar-refractivity contribution in [3.63, 3.8) is 0 Å². The Balaban J connectivity index is 1.62. The smallest absolute Gasteiger partial charge is 0.269 e. The van der Waals surface area contributed by atoms with Gasteiger partial charge in [-0.15, -0.1) is 0 Å². The largest absolute Gasteiger partial charge is 0.494 e. The molecule has 1 saturated carbocycles. The molecule has 1 aliphatic rings. The van der Waals surface area contributed by atoms with Crippen LogP contribution in [0.25, 0.3) is 0 Å². The van der Waals surface area contributed by atoms with Crippen LogP contribution in [0.15, 0.2) is 24.3 Å². The van der Waals surface area contributed by atoms with Crippen LogP contribution in [0.5, 0.6) is 5.75 Å². The molecular formula is C23H35N3O3S. The zero-order chi connectivity index (χ0) is 21.6. The van der Waals surface area contributed by atoms with Crippen LogP contribution in [0.4, 0.5) is 0 Å². The second-order valence-electron chi connectivity index (χ2n) is 7.93. The molecule has 0 bridgehead atoms. The van der Waals surface area contributed by atoms with E-state index in [2.05, 4.69) is 23.1 Å². The number of carbonyl (C=O) groups is 2. The molecule has 0 unspecified atom stereocenters. The minimum Gasteiger partial charge on any atom is -0.494 e. The SMILES string of the molecule is CCCCCCOc1ccc(C(=O)NNC(=S)NC(=O)CCC2CCCCC2)cc1. The van der Waals surface area contributed by atoms with Crippen LogP contribution in [0, 0.1) is 5.92 Å². The Morgan fingerprint density at radius 2 is 1.77 bits per heavy atom. The summed E-state index contributed by atoms with van der Waals surface area (Å²) in [5.74, 6) is 0.946. The van der Waals surface area contributed by atoms with E-state index in [0.29, 0.717) is 24.5 Å². The molecule has 1 aliphatic carbocycles. The molecule has 0 radical (unpaired) electrons. The number of nitrogens with one attached hydrogen (secondary N) is 3. The summed E-state index contributed by atoms with van der Waals surface area (Å²) < 4.78 is 5.68. The van der Waals surface area contributed by atoms with Crippen LogP contribution in [-0.4, -0.2) is 23.5 Å². The van der Waals surface area contributed by atoms with Crippen molar-refractivity contribution in [1.29, 1.82) is 0 Å². The highest BCUT2D eigenvalue weighted by atomic mass is 32.1. The summed E-state index contributed by atoms with van der Waals surface area (Å²) in [7, 11) is 0. The van der Waals surface area contributed by atoms with Crippen molar-refractivity contribution in [2.24, 2.45) is 5.92 Å². The maximum Gasteiger partial charge on any atom is 0.269 e. The lowest BCUT2D eigenvalue weighted by Gasteiger charge is -2.21. The van der Waals surface area contributed by atoms with Gasteiger partial charge in [0.1, 0.15) is 5.75 Å². The lowest BCUT2D eigenvalue weighted by molar-refractivity contribution is -0.120. The van der Waals surface area contributed by atoms with Gasteiger partial charge in [-0.3, -0.25) is 20.4 Å². The van der Waals surface area contributed by atoms with Gasteiger partial charge in [-0.05, 0) is 55.2 Å². The normalized spacial score (nSPS) is 14.0. The maximum absolute atomic E-state index is 12.2. The first-order valence-corrected chi connectivity index (χ1v) is 11.6. The maximum atomic E-state index is 12.2. The fraction of sp³-hybridized carbons (Fsp3) is 0.609. The number of rotatable bonds is 10. The van der Waals surface area contributed by atoms with Gasteiger partial charge >= 0.3 is 0 Å². The van der Waals surface area contributed by atoms with Crippen LogP contribution in [0.1, 0.15) is 87.9 Å². The van der Waals surface area contributed by atoms with E-state index >= 15 is 0 Å². The van der Waals surface area contributed by atoms with Crippen LogP contribution in [-0.2, 0) is 4.79 Å². The molecule has 1 aromatic carbocycles. The Hall–Kier alpha value is -2.15. The molecule has 2 amide bonds. The first kappa shape index (κ1) is 24.1. The van der Waals surface area contributed by atoms with E-state index in [1.807, 2.05) is 0 Å². The van der Waals surface area contributed by atoms with Gasteiger partial charge in [0.25, 0.3) is 5.91 Å². The number of hydrazine groups is 1. The van der Waals surface area contributed by atoms with Crippen LogP contribution in [0.2, 0.25) is 0 Å². The molecule has 0 heterocycles. The Labute approximate surface area is 185 Å². The molecule has 0 spiro atoms. The molecule has 0 atom stereocenters. The number of benzene rings is 1. The average molecular weight is 434 g/mol. The lowest BCUT2D eigenvalue weighted by atomic mass is 9.86. The summed E-state index contributed by atoms with van der Waals surface area (Å²) in [5, 5.41) is 2.72. The van der Waals surface area contributed by atoms with Crippen molar-refractivity contribution in [2.45, 2.75) is 77.6 Å². The third-order valence-corrected chi connectivity index (χ3v) is 5.63. The van der Waals surface area contributed by atoms with Crippen molar-refractivity contribution >= 4 is 29.1 Å².